The molecule has 54 heavy (non-hydrogen) atoms. The van der Waals surface area contributed by atoms with Crippen molar-refractivity contribution in [2.45, 2.75) is 29.2 Å². The lowest BCUT2D eigenvalue weighted by Crippen LogP contribution is -2.81. The molecule has 0 spiro atoms. The predicted molar refractivity (Wildman–Crippen MR) is 185 cm³/mol. The first kappa shape index (κ1) is 37.6. The lowest BCUT2D eigenvalue weighted by Gasteiger charge is -2.56. The van der Waals surface area contributed by atoms with E-state index < -0.39 is 75.9 Å². The van der Waals surface area contributed by atoms with E-state index >= 15 is 0 Å². The molecule has 6 N–H and O–H groups in total. The Bertz CT molecular complexity index is 2310. The Balaban J connectivity index is 1.31. The van der Waals surface area contributed by atoms with Gasteiger partial charge in [0.05, 0.1) is 5.39 Å². The topological polar surface area (TPSA) is 286 Å². The predicted octanol–water partition coefficient (Wildman–Crippen LogP) is 0.476. The lowest BCUT2D eigenvalue weighted by molar-refractivity contribution is -0.192. The third-order valence-corrected chi connectivity index (χ3v) is 10.9. The van der Waals surface area contributed by atoms with E-state index in [1.54, 1.807) is 7.05 Å². The fraction of sp³-hybridized carbons (Fsp3) is 0.281. The molecule has 0 saturated carbocycles. The Hall–Kier alpha value is -6.13. The average molecular weight is 784 g/mol. The number of ether oxygens (including phenoxy) is 2. The number of carbonyl (C=O) groups excluding carboxylic acids is 3. The van der Waals surface area contributed by atoms with E-state index in [0.29, 0.717) is 10.7 Å². The molecule has 4 aromatic rings. The molecule has 1 fully saturated rings. The highest BCUT2D eigenvalue weighted by Crippen LogP contribution is 2.47. The van der Waals surface area contributed by atoms with E-state index in [1.807, 2.05) is 0 Å². The van der Waals surface area contributed by atoms with Crippen molar-refractivity contribution >= 4 is 64.2 Å². The Morgan fingerprint density at radius 2 is 1.85 bits per heavy atom. The van der Waals surface area contributed by atoms with Crippen LogP contribution in [0.4, 0.5) is 0 Å². The van der Waals surface area contributed by atoms with E-state index in [0.717, 1.165) is 47.7 Å². The Kier molecular flexibility index (Phi) is 10.3. The van der Waals surface area contributed by atoms with Gasteiger partial charge in [0.25, 0.3) is 17.5 Å². The number of rotatable bonds is 13. The van der Waals surface area contributed by atoms with Gasteiger partial charge in [0, 0.05) is 25.7 Å². The number of hydrogen-bond donors (Lipinski definition) is 6. The molecular weight excluding hydrogens is 755 g/mol. The summed E-state index contributed by atoms with van der Waals surface area (Å²) in [6, 6.07) is 5.85. The number of nitrogens with zero attached hydrogens (tertiary/aromatic N) is 5. The van der Waals surface area contributed by atoms with Gasteiger partial charge in [-0.15, -0.1) is 16.9 Å². The molecule has 282 valence electrons. The highest BCUT2D eigenvalue weighted by Gasteiger charge is 2.67. The molecule has 1 unspecified atom stereocenters. The number of aliphatic carboxylic acids is 2. The zero-order valence-corrected chi connectivity index (χ0v) is 29.9. The summed E-state index contributed by atoms with van der Waals surface area (Å²) in [5.41, 5.74) is -3.73. The van der Waals surface area contributed by atoms with Crippen LogP contribution in [0.15, 0.2) is 62.0 Å². The number of benzene rings is 2. The van der Waals surface area contributed by atoms with Crippen LogP contribution in [0.5, 0.6) is 17.2 Å². The van der Waals surface area contributed by atoms with Gasteiger partial charge in [0.1, 0.15) is 34.2 Å². The summed E-state index contributed by atoms with van der Waals surface area (Å²) in [6.45, 7) is 0.595. The first-order valence-corrected chi connectivity index (χ1v) is 17.6. The van der Waals surface area contributed by atoms with Crippen molar-refractivity contribution in [3.63, 3.8) is 0 Å². The van der Waals surface area contributed by atoms with Gasteiger partial charge in [-0.05, 0) is 52.8 Å². The molecule has 3 atom stereocenters. The Labute approximate surface area is 311 Å². The van der Waals surface area contributed by atoms with Gasteiger partial charge >= 0.3 is 11.9 Å². The van der Waals surface area contributed by atoms with E-state index in [-0.39, 0.29) is 45.2 Å². The summed E-state index contributed by atoms with van der Waals surface area (Å²) in [6.07, 6.45) is 0. The number of β-lactam (4-membered cyclic amide) rings is 1. The number of aromatic nitrogens is 4. The first-order chi connectivity index (χ1) is 25.7. The molecule has 3 amide bonds. The molecular formula is C32H29N7O13S2. The van der Waals surface area contributed by atoms with E-state index in [2.05, 4.69) is 26.2 Å². The van der Waals surface area contributed by atoms with Crippen LogP contribution in [0.2, 0.25) is 0 Å². The molecule has 2 aliphatic rings. The maximum absolute atomic E-state index is 14.2. The zero-order valence-electron chi connectivity index (χ0n) is 28.3. The summed E-state index contributed by atoms with van der Waals surface area (Å²) in [7, 11) is 2.76. The number of fused-ring (bicyclic) bond motifs is 2. The minimum Gasteiger partial charge on any atom is -0.504 e. The number of phenolic OH excluding ortho intramolecular Hbond substituents is 2. The summed E-state index contributed by atoms with van der Waals surface area (Å²) in [5.74, 6) is -6.84. The van der Waals surface area contributed by atoms with Gasteiger partial charge in [-0.3, -0.25) is 24.1 Å². The quantitative estimate of drug-likeness (QED) is 0.0465. The van der Waals surface area contributed by atoms with Crippen molar-refractivity contribution in [3.05, 3.63) is 74.8 Å². The molecule has 1 saturated heterocycles. The van der Waals surface area contributed by atoms with Crippen LogP contribution in [-0.2, 0) is 31.0 Å². The zero-order chi connectivity index (χ0) is 39.1. The van der Waals surface area contributed by atoms with Crippen molar-refractivity contribution in [2.75, 3.05) is 25.2 Å². The first-order valence-electron chi connectivity index (χ1n) is 15.5. The maximum Gasteiger partial charge on any atom is 0.352 e. The van der Waals surface area contributed by atoms with Crippen molar-refractivity contribution < 1.29 is 58.3 Å². The molecule has 6 rings (SSSR count). The number of aryl methyl sites for hydroxylation is 2. The maximum atomic E-state index is 14.2. The number of carboxylic acid groups (broad SMARTS) is 2. The van der Waals surface area contributed by atoms with Gasteiger partial charge < -0.3 is 45.0 Å². The molecule has 2 aromatic heterocycles. The summed E-state index contributed by atoms with van der Waals surface area (Å²) in [5, 5.41) is 54.5. The number of phenols is 2. The van der Waals surface area contributed by atoms with Crippen LogP contribution in [0.25, 0.3) is 11.0 Å². The van der Waals surface area contributed by atoms with Crippen LogP contribution in [0.1, 0.15) is 27.7 Å². The number of thioether (sulfide) groups is 2. The average Bonchev–Trinajstić information content (AvgIpc) is 3.56. The molecule has 4 heterocycles. The molecule has 2 aromatic carbocycles. The molecule has 20 nitrogen and oxygen atoms in total. The number of tetrazole rings is 1. The second-order valence-corrected chi connectivity index (χ2v) is 13.7. The van der Waals surface area contributed by atoms with Gasteiger partial charge in [-0.2, -0.15) is 0 Å². The molecule has 22 heteroatoms. The summed E-state index contributed by atoms with van der Waals surface area (Å²) in [4.78, 5) is 79.8. The van der Waals surface area contributed by atoms with E-state index in [9.17, 15) is 44.1 Å². The van der Waals surface area contributed by atoms with Crippen molar-refractivity contribution in [3.8, 4) is 17.2 Å². The normalized spacial score (nSPS) is 18.5. The minimum atomic E-state index is -2.10. The summed E-state index contributed by atoms with van der Waals surface area (Å²) < 4.78 is 17.7. The van der Waals surface area contributed by atoms with Gasteiger partial charge in [0.15, 0.2) is 17.9 Å². The number of hydrogen-bond acceptors (Lipinski definition) is 16. The minimum absolute atomic E-state index is 0.0868. The number of aromatic hydroxyl groups is 2. The highest BCUT2D eigenvalue weighted by atomic mass is 32.2. The SMILES string of the molecule is CO[C@@]1(NC(=O)C(NC(=O)c2c(C)oc3c(O)c(O)ccc3c2=O)c2ccc(OCC(=O)O)cc2)C(=O)N2C(C(=O)O)=C(CSc3nnnn3C)CS[C@@H]21. The fourth-order valence-electron chi connectivity index (χ4n) is 5.81. The Morgan fingerprint density at radius 3 is 2.48 bits per heavy atom. The number of nitrogens with one attached hydrogen (secondary N) is 2. The van der Waals surface area contributed by atoms with Crippen molar-refractivity contribution in [1.82, 2.24) is 35.7 Å². The largest absolute Gasteiger partial charge is 0.504 e. The van der Waals surface area contributed by atoms with Gasteiger partial charge in [0.2, 0.25) is 22.2 Å². The number of carboxylic acids is 2. The number of carbonyl (C=O) groups is 5. The van der Waals surface area contributed by atoms with E-state index in [4.69, 9.17) is 19.0 Å². The monoisotopic (exact) mass is 783 g/mol. The number of amides is 3. The third kappa shape index (κ3) is 6.65. The lowest BCUT2D eigenvalue weighted by atomic mass is 9.96. The second kappa shape index (κ2) is 14.7. The Morgan fingerprint density at radius 1 is 1.13 bits per heavy atom. The highest BCUT2D eigenvalue weighted by molar-refractivity contribution is 8.01. The van der Waals surface area contributed by atoms with Crippen molar-refractivity contribution in [1.29, 1.82) is 0 Å². The van der Waals surface area contributed by atoms with Crippen LogP contribution in [-0.4, -0.2) is 112 Å². The molecule has 2 aliphatic heterocycles. The number of methoxy groups -OCH3 is 1. The standard InChI is InChI=1S/C32H29N7O13S2/c1-13-20(23(43)17-8-9-18(40)24(44)25(17)52-13)26(45)33-21(14-4-6-16(7-5-14)51-10-19(41)42)27(46)34-32(50-3)29(49)39-22(28(47)48)15(11-53-30(32)39)12-54-31-35-36-37-38(31)2/h4-9,21,30,40,44H,10-12H2,1-3H3,(H,33,45)(H,34,46)(H,41,42)(H,47,48)/t21?,30-,32+/m1/s1. The summed E-state index contributed by atoms with van der Waals surface area (Å²) >= 11 is 2.29. The third-order valence-electron chi connectivity index (χ3n) is 8.43. The fourth-order valence-corrected chi connectivity index (χ4v) is 8.24. The van der Waals surface area contributed by atoms with Gasteiger partial charge in [-0.25, -0.2) is 14.3 Å². The van der Waals surface area contributed by atoms with Crippen LogP contribution >= 0.6 is 23.5 Å². The molecule has 0 aliphatic carbocycles. The smallest absolute Gasteiger partial charge is 0.352 e. The van der Waals surface area contributed by atoms with Crippen molar-refractivity contribution in [2.24, 2.45) is 7.05 Å². The molecule has 0 bridgehead atoms. The van der Waals surface area contributed by atoms with Crippen LogP contribution in [0.3, 0.4) is 0 Å². The van der Waals surface area contributed by atoms with Crippen LogP contribution in [0, 0.1) is 6.92 Å². The molecule has 0 radical (unpaired) electrons. The van der Waals surface area contributed by atoms with Gasteiger partial charge in [-0.1, -0.05) is 23.9 Å². The van der Waals surface area contributed by atoms with Crippen LogP contribution < -0.4 is 20.8 Å². The van der Waals surface area contributed by atoms with E-state index in [1.165, 1.54) is 35.9 Å². The second-order valence-electron chi connectivity index (χ2n) is 11.7.